The molecule has 0 spiro atoms. The molecule has 5 heteroatoms. The highest BCUT2D eigenvalue weighted by Crippen LogP contribution is 2.19. The van der Waals surface area contributed by atoms with E-state index in [0.29, 0.717) is 17.2 Å². The number of amides is 2. The molecular formula is C19H22N2O3. The Morgan fingerprint density at radius 1 is 0.875 bits per heavy atom. The molecule has 2 aromatic carbocycles. The van der Waals surface area contributed by atoms with E-state index in [0.717, 1.165) is 0 Å². The normalized spacial score (nSPS) is 11.7. The Hall–Kier alpha value is -2.82. The van der Waals surface area contributed by atoms with Crippen LogP contribution in [0, 0.1) is 0 Å². The molecule has 0 saturated heterocycles. The molecule has 2 rings (SSSR count). The fourth-order valence-electron chi connectivity index (χ4n) is 2.07. The Balaban J connectivity index is 1.84. The summed E-state index contributed by atoms with van der Waals surface area (Å²) in [6, 6.07) is 16.3. The molecular weight excluding hydrogens is 304 g/mol. The van der Waals surface area contributed by atoms with Crippen molar-refractivity contribution in [1.29, 1.82) is 0 Å². The molecule has 2 amide bonds. The summed E-state index contributed by atoms with van der Waals surface area (Å²) >= 11 is 0. The third-order valence-corrected chi connectivity index (χ3v) is 3.56. The third kappa shape index (κ3) is 4.84. The molecule has 126 valence electrons. The van der Waals surface area contributed by atoms with Crippen molar-refractivity contribution < 1.29 is 14.3 Å². The maximum absolute atomic E-state index is 12.0. The molecule has 1 unspecified atom stereocenters. The largest absolute Gasteiger partial charge is 0.481 e. The second kappa shape index (κ2) is 8.15. The predicted octanol–water partition coefficient (Wildman–Crippen LogP) is 3.04. The van der Waals surface area contributed by atoms with E-state index in [1.54, 1.807) is 31.2 Å². The van der Waals surface area contributed by atoms with Gasteiger partial charge in [0, 0.05) is 5.56 Å². The molecule has 0 saturated carbocycles. The summed E-state index contributed by atoms with van der Waals surface area (Å²) in [5.74, 6) is 0.245. The highest BCUT2D eigenvalue weighted by atomic mass is 16.5. The van der Waals surface area contributed by atoms with Crippen molar-refractivity contribution >= 4 is 11.8 Å². The molecule has 0 aromatic heterocycles. The lowest BCUT2D eigenvalue weighted by atomic mass is 10.0. The number of hydrogen-bond donors (Lipinski definition) is 2. The maximum Gasteiger partial charge on any atom is 0.279 e. The van der Waals surface area contributed by atoms with Gasteiger partial charge >= 0.3 is 0 Å². The minimum Gasteiger partial charge on any atom is -0.481 e. The zero-order valence-corrected chi connectivity index (χ0v) is 14.1. The average molecular weight is 326 g/mol. The maximum atomic E-state index is 12.0. The lowest BCUT2D eigenvalue weighted by Crippen LogP contribution is -2.47. The third-order valence-electron chi connectivity index (χ3n) is 3.56. The second-order valence-electron chi connectivity index (χ2n) is 5.79. The van der Waals surface area contributed by atoms with Gasteiger partial charge in [0.1, 0.15) is 5.75 Å². The lowest BCUT2D eigenvalue weighted by molar-refractivity contribution is -0.128. The minimum absolute atomic E-state index is 0.377. The smallest absolute Gasteiger partial charge is 0.279 e. The van der Waals surface area contributed by atoms with Crippen LogP contribution in [0.15, 0.2) is 54.6 Å². The summed E-state index contributed by atoms with van der Waals surface area (Å²) < 4.78 is 5.59. The first-order valence-electron chi connectivity index (χ1n) is 7.89. The predicted molar refractivity (Wildman–Crippen MR) is 92.7 cm³/mol. The van der Waals surface area contributed by atoms with Crippen molar-refractivity contribution in [3.05, 3.63) is 65.7 Å². The van der Waals surface area contributed by atoms with Gasteiger partial charge in [-0.2, -0.15) is 0 Å². The van der Waals surface area contributed by atoms with E-state index >= 15 is 0 Å². The molecule has 0 bridgehead atoms. The van der Waals surface area contributed by atoms with Crippen LogP contribution in [0.1, 0.15) is 42.6 Å². The van der Waals surface area contributed by atoms with Gasteiger partial charge in [0.2, 0.25) is 0 Å². The van der Waals surface area contributed by atoms with Crippen LogP contribution >= 0.6 is 0 Å². The first-order chi connectivity index (χ1) is 11.5. The Morgan fingerprint density at radius 3 is 2.08 bits per heavy atom. The number of carbonyl (C=O) groups is 2. The molecule has 0 aliphatic carbocycles. The molecule has 0 radical (unpaired) electrons. The van der Waals surface area contributed by atoms with Crippen molar-refractivity contribution in [2.75, 3.05) is 0 Å². The first-order valence-corrected chi connectivity index (χ1v) is 7.89. The molecule has 0 heterocycles. The summed E-state index contributed by atoms with van der Waals surface area (Å²) in [7, 11) is 0. The number of rotatable bonds is 5. The van der Waals surface area contributed by atoms with Crippen LogP contribution in [0.4, 0.5) is 0 Å². The van der Waals surface area contributed by atoms with Crippen LogP contribution in [-0.2, 0) is 4.79 Å². The quantitative estimate of drug-likeness (QED) is 0.830. The van der Waals surface area contributed by atoms with Gasteiger partial charge in [-0.15, -0.1) is 0 Å². The fraction of sp³-hybridized carbons (Fsp3) is 0.263. The van der Waals surface area contributed by atoms with Gasteiger partial charge in [-0.25, -0.2) is 0 Å². The van der Waals surface area contributed by atoms with E-state index in [4.69, 9.17) is 4.74 Å². The van der Waals surface area contributed by atoms with Crippen LogP contribution < -0.4 is 15.6 Å². The molecule has 0 fully saturated rings. The monoisotopic (exact) mass is 326 g/mol. The molecule has 5 nitrogen and oxygen atoms in total. The van der Waals surface area contributed by atoms with Crippen molar-refractivity contribution in [3.8, 4) is 5.75 Å². The minimum atomic E-state index is -0.731. The van der Waals surface area contributed by atoms with Crippen LogP contribution in [0.2, 0.25) is 0 Å². The Morgan fingerprint density at radius 2 is 1.50 bits per heavy atom. The highest BCUT2D eigenvalue weighted by molar-refractivity contribution is 5.95. The van der Waals surface area contributed by atoms with Gasteiger partial charge < -0.3 is 4.74 Å². The summed E-state index contributed by atoms with van der Waals surface area (Å²) in [5.41, 5.74) is 6.41. The Bertz CT molecular complexity index is 682. The number of hydrazine groups is 1. The fourth-order valence-corrected chi connectivity index (χ4v) is 2.07. The summed E-state index contributed by atoms with van der Waals surface area (Å²) in [5, 5.41) is 0. The average Bonchev–Trinajstić information content (AvgIpc) is 2.60. The second-order valence-corrected chi connectivity index (χ2v) is 5.79. The number of hydrogen-bond acceptors (Lipinski definition) is 3. The number of carbonyl (C=O) groups excluding carboxylic acids is 2. The Labute approximate surface area is 142 Å². The first kappa shape index (κ1) is 17.5. The highest BCUT2D eigenvalue weighted by Gasteiger charge is 2.16. The molecule has 2 N–H and O–H groups in total. The van der Waals surface area contributed by atoms with Crippen LogP contribution in [0.25, 0.3) is 0 Å². The van der Waals surface area contributed by atoms with Gasteiger partial charge in [0.15, 0.2) is 6.10 Å². The van der Waals surface area contributed by atoms with Crippen molar-refractivity contribution in [2.45, 2.75) is 32.8 Å². The van der Waals surface area contributed by atoms with Crippen LogP contribution in [0.5, 0.6) is 5.75 Å². The number of ether oxygens (including phenoxy) is 1. The van der Waals surface area contributed by atoms with Crippen molar-refractivity contribution in [2.24, 2.45) is 0 Å². The molecule has 24 heavy (non-hydrogen) atoms. The van der Waals surface area contributed by atoms with E-state index < -0.39 is 12.0 Å². The van der Waals surface area contributed by atoms with E-state index in [-0.39, 0.29) is 5.91 Å². The van der Waals surface area contributed by atoms with Gasteiger partial charge in [0.05, 0.1) is 0 Å². The molecule has 2 aromatic rings. The SMILES string of the molecule is CC(Oc1ccc(C(C)C)cc1)C(=O)NNC(=O)c1ccccc1. The van der Waals surface area contributed by atoms with E-state index in [2.05, 4.69) is 24.7 Å². The number of benzene rings is 2. The van der Waals surface area contributed by atoms with Gasteiger partial charge in [0.25, 0.3) is 11.8 Å². The summed E-state index contributed by atoms with van der Waals surface area (Å²) in [4.78, 5) is 23.9. The van der Waals surface area contributed by atoms with Gasteiger partial charge in [-0.05, 0) is 42.7 Å². The summed E-state index contributed by atoms with van der Waals surface area (Å²) in [6.45, 7) is 5.85. The van der Waals surface area contributed by atoms with Crippen LogP contribution in [-0.4, -0.2) is 17.9 Å². The molecule has 0 aliphatic rings. The van der Waals surface area contributed by atoms with E-state index in [1.807, 2.05) is 30.3 Å². The topological polar surface area (TPSA) is 67.4 Å². The van der Waals surface area contributed by atoms with E-state index in [9.17, 15) is 9.59 Å². The standard InChI is InChI=1S/C19H22N2O3/c1-13(2)15-9-11-17(12-10-15)24-14(3)18(22)20-21-19(23)16-7-5-4-6-8-16/h4-14H,1-3H3,(H,20,22)(H,21,23). The van der Waals surface area contributed by atoms with Crippen molar-refractivity contribution in [1.82, 2.24) is 10.9 Å². The van der Waals surface area contributed by atoms with Gasteiger partial charge in [-0.1, -0.05) is 44.2 Å². The van der Waals surface area contributed by atoms with Crippen molar-refractivity contribution in [3.63, 3.8) is 0 Å². The molecule has 0 aliphatic heterocycles. The zero-order valence-electron chi connectivity index (χ0n) is 14.1. The van der Waals surface area contributed by atoms with Gasteiger partial charge in [-0.3, -0.25) is 20.4 Å². The molecule has 1 atom stereocenters. The van der Waals surface area contributed by atoms with E-state index in [1.165, 1.54) is 5.56 Å². The Kier molecular flexibility index (Phi) is 5.95. The lowest BCUT2D eigenvalue weighted by Gasteiger charge is -2.16. The summed E-state index contributed by atoms with van der Waals surface area (Å²) in [6.07, 6.45) is -0.731. The van der Waals surface area contributed by atoms with Crippen LogP contribution in [0.3, 0.4) is 0 Å². The zero-order chi connectivity index (χ0) is 17.5. The number of nitrogens with one attached hydrogen (secondary N) is 2.